The molecule has 1 aromatic carbocycles. The summed E-state index contributed by atoms with van der Waals surface area (Å²) in [6.07, 6.45) is 0.443. The van der Waals surface area contributed by atoms with Crippen molar-refractivity contribution in [1.82, 2.24) is 0 Å². The van der Waals surface area contributed by atoms with Crippen LogP contribution in [0.15, 0.2) is 24.3 Å². The summed E-state index contributed by atoms with van der Waals surface area (Å²) in [4.78, 5) is 33.4. The predicted molar refractivity (Wildman–Crippen MR) is 87.1 cm³/mol. The van der Waals surface area contributed by atoms with E-state index >= 15 is 0 Å². The van der Waals surface area contributed by atoms with Crippen LogP contribution in [0.1, 0.15) is 45.6 Å². The third-order valence-electron chi connectivity index (χ3n) is 3.54. The third kappa shape index (κ3) is 7.21. The van der Waals surface area contributed by atoms with Gasteiger partial charge in [-0.15, -0.1) is 0 Å². The Morgan fingerprint density at radius 3 is 2.46 bits per heavy atom. The number of carbonyl (C=O) groups is 2. The Hall–Kier alpha value is -2.44. The highest BCUT2D eigenvalue weighted by Gasteiger charge is 2.14. The molecule has 0 radical (unpaired) electrons. The topological polar surface area (TPSA) is 95.7 Å². The fourth-order valence-corrected chi connectivity index (χ4v) is 1.78. The Labute approximate surface area is 141 Å². The summed E-state index contributed by atoms with van der Waals surface area (Å²) in [5, 5.41) is 10.7. The second-order valence-corrected chi connectivity index (χ2v) is 5.88. The minimum atomic E-state index is -0.505. The van der Waals surface area contributed by atoms with E-state index in [1.165, 1.54) is 18.2 Å². The third-order valence-corrected chi connectivity index (χ3v) is 3.54. The van der Waals surface area contributed by atoms with Crippen molar-refractivity contribution in [2.75, 3.05) is 0 Å². The smallest absolute Gasteiger partial charge is 0.306 e. The van der Waals surface area contributed by atoms with Crippen molar-refractivity contribution in [1.29, 1.82) is 0 Å². The van der Waals surface area contributed by atoms with Crippen LogP contribution >= 0.6 is 0 Å². The van der Waals surface area contributed by atoms with Gasteiger partial charge < -0.3 is 9.47 Å². The van der Waals surface area contributed by atoms with Gasteiger partial charge in [0, 0.05) is 25.0 Å². The molecular formula is C17H23NO6. The number of nitro benzene ring substituents is 1. The van der Waals surface area contributed by atoms with Crippen molar-refractivity contribution in [2.24, 2.45) is 5.92 Å². The van der Waals surface area contributed by atoms with E-state index in [2.05, 4.69) is 0 Å². The number of nitrogens with zero attached hydrogens (tertiary/aromatic N) is 1. The average Bonchev–Trinajstić information content (AvgIpc) is 2.53. The van der Waals surface area contributed by atoms with Crippen molar-refractivity contribution in [3.8, 4) is 0 Å². The van der Waals surface area contributed by atoms with Crippen LogP contribution in [0.3, 0.4) is 0 Å². The maximum atomic E-state index is 11.6. The molecule has 7 nitrogen and oxygen atoms in total. The number of hydrogen-bond donors (Lipinski definition) is 0. The highest BCUT2D eigenvalue weighted by molar-refractivity contribution is 5.72. The van der Waals surface area contributed by atoms with Gasteiger partial charge in [-0.1, -0.05) is 26.0 Å². The summed E-state index contributed by atoms with van der Waals surface area (Å²) in [7, 11) is 0. The molecule has 1 aromatic rings. The van der Waals surface area contributed by atoms with Crippen molar-refractivity contribution < 1.29 is 24.0 Å². The molecule has 0 aliphatic carbocycles. The van der Waals surface area contributed by atoms with Gasteiger partial charge in [0.1, 0.15) is 12.7 Å². The van der Waals surface area contributed by atoms with Crippen molar-refractivity contribution in [2.45, 2.75) is 52.7 Å². The van der Waals surface area contributed by atoms with Gasteiger partial charge in [0.05, 0.1) is 4.92 Å². The molecule has 0 saturated carbocycles. The van der Waals surface area contributed by atoms with E-state index in [1.807, 2.05) is 20.8 Å². The summed E-state index contributed by atoms with van der Waals surface area (Å²) in [5.74, 6) is -0.539. The molecule has 1 atom stereocenters. The Kier molecular flexibility index (Phi) is 7.88. The lowest BCUT2D eigenvalue weighted by molar-refractivity contribution is -0.384. The number of carbonyl (C=O) groups excluding carboxylic acids is 2. The Morgan fingerprint density at radius 1 is 1.17 bits per heavy atom. The minimum absolute atomic E-state index is 0.0324. The summed E-state index contributed by atoms with van der Waals surface area (Å²) < 4.78 is 10.3. The first-order chi connectivity index (χ1) is 11.3. The molecule has 0 aromatic heterocycles. The molecule has 24 heavy (non-hydrogen) atoms. The molecule has 0 N–H and O–H groups in total. The molecule has 0 aliphatic heterocycles. The number of nitro groups is 1. The van der Waals surface area contributed by atoms with Crippen molar-refractivity contribution in [3.63, 3.8) is 0 Å². The first-order valence-electron chi connectivity index (χ1n) is 7.88. The zero-order chi connectivity index (χ0) is 18.1. The fraction of sp³-hybridized carbons (Fsp3) is 0.529. The van der Waals surface area contributed by atoms with Crippen LogP contribution in [0.25, 0.3) is 0 Å². The highest BCUT2D eigenvalue weighted by atomic mass is 16.6. The van der Waals surface area contributed by atoms with Crippen LogP contribution in [-0.2, 0) is 25.7 Å². The summed E-state index contributed by atoms with van der Waals surface area (Å²) in [5.41, 5.74) is 0.494. The largest absolute Gasteiger partial charge is 0.462 e. The van der Waals surface area contributed by atoms with E-state index in [0.717, 1.165) is 0 Å². The normalized spacial score (nSPS) is 11.8. The second kappa shape index (κ2) is 9.64. The standard InChI is InChI=1S/C17H23NO6/c1-12(2)13(3)24-17(20)9-5-8-16(19)23-11-14-6-4-7-15(10-14)18(21)22/h4,6-7,10,12-13H,5,8-9,11H2,1-3H3. The van der Waals surface area contributed by atoms with E-state index in [1.54, 1.807) is 6.07 Å². The molecule has 0 fully saturated rings. The lowest BCUT2D eigenvalue weighted by Gasteiger charge is -2.16. The first kappa shape index (κ1) is 19.6. The zero-order valence-electron chi connectivity index (χ0n) is 14.2. The molecule has 132 valence electrons. The molecular weight excluding hydrogens is 314 g/mol. The monoisotopic (exact) mass is 337 g/mol. The van der Waals surface area contributed by atoms with E-state index < -0.39 is 10.9 Å². The first-order valence-corrected chi connectivity index (χ1v) is 7.88. The lowest BCUT2D eigenvalue weighted by atomic mass is 10.1. The van der Waals surface area contributed by atoms with Crippen LogP contribution in [-0.4, -0.2) is 23.0 Å². The van der Waals surface area contributed by atoms with Crippen LogP contribution < -0.4 is 0 Å². The fourth-order valence-electron chi connectivity index (χ4n) is 1.78. The van der Waals surface area contributed by atoms with Gasteiger partial charge in [0.25, 0.3) is 5.69 Å². The Balaban J connectivity index is 2.28. The van der Waals surface area contributed by atoms with E-state index in [0.29, 0.717) is 12.0 Å². The summed E-state index contributed by atoms with van der Waals surface area (Å²) >= 11 is 0. The van der Waals surface area contributed by atoms with Gasteiger partial charge in [0.2, 0.25) is 0 Å². The van der Waals surface area contributed by atoms with Crippen molar-refractivity contribution >= 4 is 17.6 Å². The lowest BCUT2D eigenvalue weighted by Crippen LogP contribution is -2.20. The quantitative estimate of drug-likeness (QED) is 0.389. The van der Waals surface area contributed by atoms with Gasteiger partial charge in [-0.25, -0.2) is 0 Å². The van der Waals surface area contributed by atoms with Crippen LogP contribution in [0.5, 0.6) is 0 Å². The number of hydrogen-bond acceptors (Lipinski definition) is 6. The molecule has 0 spiro atoms. The Morgan fingerprint density at radius 2 is 1.83 bits per heavy atom. The number of ether oxygens (including phenoxy) is 2. The highest BCUT2D eigenvalue weighted by Crippen LogP contribution is 2.14. The number of non-ortho nitro benzene ring substituents is 1. The molecule has 0 aliphatic rings. The molecule has 1 rings (SSSR count). The Bertz CT molecular complexity index is 584. The van der Waals surface area contributed by atoms with Gasteiger partial charge in [0.15, 0.2) is 0 Å². The van der Waals surface area contributed by atoms with Gasteiger partial charge in [-0.3, -0.25) is 19.7 Å². The van der Waals surface area contributed by atoms with Gasteiger partial charge in [-0.2, -0.15) is 0 Å². The van der Waals surface area contributed by atoms with Crippen LogP contribution in [0, 0.1) is 16.0 Å². The number of benzene rings is 1. The van der Waals surface area contributed by atoms with Gasteiger partial charge >= 0.3 is 11.9 Å². The van der Waals surface area contributed by atoms with E-state index in [-0.39, 0.29) is 43.1 Å². The molecule has 7 heteroatoms. The molecule has 0 saturated heterocycles. The molecule has 0 bridgehead atoms. The van der Waals surface area contributed by atoms with E-state index in [4.69, 9.17) is 9.47 Å². The SMILES string of the molecule is CC(C)C(C)OC(=O)CCCC(=O)OCc1cccc([N+](=O)[O-])c1. The van der Waals surface area contributed by atoms with Crippen LogP contribution in [0.2, 0.25) is 0 Å². The summed E-state index contributed by atoms with van der Waals surface area (Å²) in [6.45, 7) is 5.72. The number of rotatable bonds is 9. The molecule has 1 unspecified atom stereocenters. The van der Waals surface area contributed by atoms with Crippen molar-refractivity contribution in [3.05, 3.63) is 39.9 Å². The average molecular weight is 337 g/mol. The molecule has 0 heterocycles. The minimum Gasteiger partial charge on any atom is -0.462 e. The maximum absolute atomic E-state index is 11.6. The van der Waals surface area contributed by atoms with E-state index in [9.17, 15) is 19.7 Å². The summed E-state index contributed by atoms with van der Waals surface area (Å²) in [6, 6.07) is 5.91. The maximum Gasteiger partial charge on any atom is 0.306 e. The predicted octanol–water partition coefficient (Wildman–Crippen LogP) is 3.40. The number of esters is 2. The second-order valence-electron chi connectivity index (χ2n) is 5.88. The zero-order valence-corrected chi connectivity index (χ0v) is 14.2. The van der Waals surface area contributed by atoms with Gasteiger partial charge in [-0.05, 0) is 24.8 Å². The molecule has 0 amide bonds. The van der Waals surface area contributed by atoms with Crippen LogP contribution in [0.4, 0.5) is 5.69 Å².